The van der Waals surface area contributed by atoms with Gasteiger partial charge in [-0.25, -0.2) is 8.42 Å². The molecule has 0 saturated heterocycles. The molecule has 0 bridgehead atoms. The first-order valence-corrected chi connectivity index (χ1v) is 13.4. The number of rotatable bonds is 7. The van der Waals surface area contributed by atoms with Gasteiger partial charge in [0.15, 0.2) is 6.10 Å². The standard InChI is InChI=1S/C28H32N2O5S/c1-20-14-15-23-25(18-20)35-26(19-30(23)36(32,33)21-10-6-5-7-11-21)27(31)29-16-17-34-24-13-9-8-12-22(24)28(2,3)4/h5-15,18,26H,16-17,19H2,1-4H3,(H,29,31)/t26-/m0/s1. The van der Waals surface area contributed by atoms with Gasteiger partial charge in [0.1, 0.15) is 18.1 Å². The topological polar surface area (TPSA) is 84.9 Å². The number of para-hydroxylation sites is 1. The number of benzene rings is 3. The number of amides is 1. The van der Waals surface area contributed by atoms with Gasteiger partial charge in [-0.15, -0.1) is 0 Å². The lowest BCUT2D eigenvalue weighted by Crippen LogP contribution is -2.51. The summed E-state index contributed by atoms with van der Waals surface area (Å²) in [7, 11) is -3.89. The van der Waals surface area contributed by atoms with Gasteiger partial charge in [-0.3, -0.25) is 9.10 Å². The van der Waals surface area contributed by atoms with Gasteiger partial charge in [-0.05, 0) is 53.8 Å². The third-order valence-corrected chi connectivity index (χ3v) is 7.76. The molecule has 1 aliphatic heterocycles. The van der Waals surface area contributed by atoms with Crippen molar-refractivity contribution in [3.63, 3.8) is 0 Å². The minimum atomic E-state index is -3.89. The average Bonchev–Trinajstić information content (AvgIpc) is 2.85. The first-order valence-electron chi connectivity index (χ1n) is 11.9. The minimum absolute atomic E-state index is 0.0744. The van der Waals surface area contributed by atoms with Crippen LogP contribution in [0.15, 0.2) is 77.7 Å². The Labute approximate surface area is 213 Å². The lowest BCUT2D eigenvalue weighted by Gasteiger charge is -2.35. The van der Waals surface area contributed by atoms with Crippen molar-refractivity contribution in [3.8, 4) is 11.5 Å². The molecule has 0 radical (unpaired) electrons. The SMILES string of the molecule is Cc1ccc2c(c1)O[C@H](C(=O)NCCOc1ccccc1C(C)(C)C)CN2S(=O)(=O)c1ccccc1. The van der Waals surface area contributed by atoms with Crippen LogP contribution in [0.25, 0.3) is 0 Å². The maximum Gasteiger partial charge on any atom is 0.264 e. The average molecular weight is 509 g/mol. The van der Waals surface area contributed by atoms with Crippen LogP contribution < -0.4 is 19.1 Å². The molecular weight excluding hydrogens is 476 g/mol. The molecule has 7 nitrogen and oxygen atoms in total. The summed E-state index contributed by atoms with van der Waals surface area (Å²) in [5.74, 6) is 0.733. The van der Waals surface area contributed by atoms with Crippen LogP contribution in [-0.2, 0) is 20.2 Å². The predicted octanol–water partition coefficient (Wildman–Crippen LogP) is 4.44. The molecule has 4 rings (SSSR count). The Kier molecular flexibility index (Phi) is 7.26. The monoisotopic (exact) mass is 508 g/mol. The van der Waals surface area contributed by atoms with Crippen molar-refractivity contribution in [1.29, 1.82) is 0 Å². The van der Waals surface area contributed by atoms with Crippen molar-refractivity contribution in [2.45, 2.75) is 44.1 Å². The summed E-state index contributed by atoms with van der Waals surface area (Å²) in [4.78, 5) is 13.2. The number of hydrogen-bond donors (Lipinski definition) is 1. The number of nitrogens with one attached hydrogen (secondary N) is 1. The summed E-state index contributed by atoms with van der Waals surface area (Å²) in [5.41, 5.74) is 2.32. The molecule has 1 atom stereocenters. The van der Waals surface area contributed by atoms with Crippen molar-refractivity contribution in [3.05, 3.63) is 83.9 Å². The number of carbonyl (C=O) groups is 1. The lowest BCUT2D eigenvalue weighted by atomic mass is 9.86. The van der Waals surface area contributed by atoms with Gasteiger partial charge in [-0.1, -0.05) is 63.2 Å². The number of anilines is 1. The molecular formula is C28H32N2O5S. The zero-order chi connectivity index (χ0) is 25.9. The molecule has 1 aliphatic rings. The van der Waals surface area contributed by atoms with Gasteiger partial charge < -0.3 is 14.8 Å². The zero-order valence-corrected chi connectivity index (χ0v) is 21.8. The summed E-state index contributed by atoms with van der Waals surface area (Å²) < 4.78 is 40.1. The maximum atomic E-state index is 13.5. The van der Waals surface area contributed by atoms with Crippen LogP contribution >= 0.6 is 0 Å². The van der Waals surface area contributed by atoms with Gasteiger partial charge in [0, 0.05) is 0 Å². The largest absolute Gasteiger partial charge is 0.491 e. The van der Waals surface area contributed by atoms with Crippen LogP contribution in [-0.4, -0.2) is 40.1 Å². The predicted molar refractivity (Wildman–Crippen MR) is 140 cm³/mol. The highest BCUT2D eigenvalue weighted by Crippen LogP contribution is 2.37. The van der Waals surface area contributed by atoms with Crippen molar-refractivity contribution in [1.82, 2.24) is 5.32 Å². The van der Waals surface area contributed by atoms with Crippen molar-refractivity contribution < 1.29 is 22.7 Å². The quantitative estimate of drug-likeness (QED) is 0.477. The van der Waals surface area contributed by atoms with Crippen LogP contribution in [0.4, 0.5) is 5.69 Å². The van der Waals surface area contributed by atoms with Crippen LogP contribution in [0.3, 0.4) is 0 Å². The van der Waals surface area contributed by atoms with Crippen molar-refractivity contribution in [2.24, 2.45) is 0 Å². The van der Waals surface area contributed by atoms with Gasteiger partial charge >= 0.3 is 0 Å². The molecule has 3 aromatic carbocycles. The summed E-state index contributed by atoms with van der Waals surface area (Å²) in [6.07, 6.45) is -1.00. The fourth-order valence-corrected chi connectivity index (χ4v) is 5.60. The number of hydrogen-bond acceptors (Lipinski definition) is 5. The molecule has 0 saturated carbocycles. The Balaban J connectivity index is 1.47. The van der Waals surface area contributed by atoms with Crippen LogP contribution in [0.5, 0.6) is 11.5 Å². The summed E-state index contributed by atoms with van der Waals surface area (Å²) in [6, 6.07) is 21.3. The first kappa shape index (κ1) is 25.6. The molecule has 8 heteroatoms. The Morgan fingerprint density at radius 2 is 1.75 bits per heavy atom. The Bertz CT molecular complexity index is 1330. The van der Waals surface area contributed by atoms with E-state index in [1.807, 2.05) is 37.3 Å². The first-order chi connectivity index (χ1) is 17.1. The Hall–Kier alpha value is -3.52. The van der Waals surface area contributed by atoms with E-state index in [0.717, 1.165) is 16.9 Å². The van der Waals surface area contributed by atoms with E-state index in [1.54, 1.807) is 42.5 Å². The summed E-state index contributed by atoms with van der Waals surface area (Å²) >= 11 is 0. The van der Waals surface area contributed by atoms with E-state index >= 15 is 0 Å². The van der Waals surface area contributed by atoms with E-state index in [4.69, 9.17) is 9.47 Å². The van der Waals surface area contributed by atoms with Gasteiger partial charge in [0.05, 0.1) is 23.7 Å². The molecule has 1 heterocycles. The molecule has 0 spiro atoms. The van der Waals surface area contributed by atoms with E-state index in [1.165, 1.54) is 4.31 Å². The van der Waals surface area contributed by atoms with E-state index in [2.05, 4.69) is 26.1 Å². The fraction of sp³-hybridized carbons (Fsp3) is 0.321. The molecule has 0 unspecified atom stereocenters. The third kappa shape index (κ3) is 5.49. The van der Waals surface area contributed by atoms with Gasteiger partial charge in [-0.2, -0.15) is 0 Å². The highest BCUT2D eigenvalue weighted by atomic mass is 32.2. The minimum Gasteiger partial charge on any atom is -0.491 e. The van der Waals surface area contributed by atoms with Crippen LogP contribution in [0.2, 0.25) is 0 Å². The van der Waals surface area contributed by atoms with Crippen LogP contribution in [0, 0.1) is 6.92 Å². The van der Waals surface area contributed by atoms with Gasteiger partial charge in [0.2, 0.25) is 0 Å². The smallest absolute Gasteiger partial charge is 0.264 e. The zero-order valence-electron chi connectivity index (χ0n) is 21.0. The molecule has 36 heavy (non-hydrogen) atoms. The number of sulfonamides is 1. The van der Waals surface area contributed by atoms with Crippen LogP contribution in [0.1, 0.15) is 31.9 Å². The van der Waals surface area contributed by atoms with Crippen molar-refractivity contribution in [2.75, 3.05) is 24.0 Å². The van der Waals surface area contributed by atoms with E-state index < -0.39 is 22.0 Å². The second-order valence-corrected chi connectivity index (χ2v) is 11.7. The maximum absolute atomic E-state index is 13.5. The molecule has 190 valence electrons. The molecule has 1 N–H and O–H groups in total. The summed E-state index contributed by atoms with van der Waals surface area (Å²) in [6.45, 7) is 8.63. The molecule has 0 fully saturated rings. The molecule has 3 aromatic rings. The number of ether oxygens (including phenoxy) is 2. The third-order valence-electron chi connectivity index (χ3n) is 5.96. The number of aryl methyl sites for hydroxylation is 1. The highest BCUT2D eigenvalue weighted by molar-refractivity contribution is 7.92. The lowest BCUT2D eigenvalue weighted by molar-refractivity contribution is -0.127. The second-order valence-electron chi connectivity index (χ2n) is 9.81. The fourth-order valence-electron chi connectivity index (χ4n) is 4.11. The Morgan fingerprint density at radius 3 is 2.47 bits per heavy atom. The second kappa shape index (κ2) is 10.2. The molecule has 0 aromatic heterocycles. The highest BCUT2D eigenvalue weighted by Gasteiger charge is 2.37. The van der Waals surface area contributed by atoms with E-state index in [0.29, 0.717) is 11.4 Å². The molecule has 0 aliphatic carbocycles. The number of nitrogens with zero attached hydrogens (tertiary/aromatic N) is 1. The number of carbonyl (C=O) groups excluding carboxylic acids is 1. The normalized spacial score (nSPS) is 15.6. The molecule has 1 amide bonds. The summed E-state index contributed by atoms with van der Waals surface area (Å²) in [5, 5.41) is 2.83. The van der Waals surface area contributed by atoms with E-state index in [9.17, 15) is 13.2 Å². The number of fused-ring (bicyclic) bond motifs is 1. The Morgan fingerprint density at radius 1 is 1.06 bits per heavy atom. The van der Waals surface area contributed by atoms with Gasteiger partial charge in [0.25, 0.3) is 15.9 Å². The van der Waals surface area contributed by atoms with E-state index in [-0.39, 0.29) is 30.0 Å². The van der Waals surface area contributed by atoms with Crippen molar-refractivity contribution >= 4 is 21.6 Å².